The summed E-state index contributed by atoms with van der Waals surface area (Å²) in [5.74, 6) is 0. The first-order chi connectivity index (χ1) is 5.24. The summed E-state index contributed by atoms with van der Waals surface area (Å²) in [7, 11) is 0. The highest BCUT2D eigenvalue weighted by Crippen LogP contribution is 1.96. The van der Waals surface area contributed by atoms with E-state index < -0.39 is 0 Å². The van der Waals surface area contributed by atoms with Crippen LogP contribution in [0.2, 0.25) is 0 Å². The lowest BCUT2D eigenvalue weighted by molar-refractivity contribution is -0.104. The van der Waals surface area contributed by atoms with Crippen LogP contribution >= 0.6 is 0 Å². The minimum Gasteiger partial charge on any atom is -0.296 e. The minimum absolute atomic E-state index is 0.325. The van der Waals surface area contributed by atoms with E-state index in [9.17, 15) is 4.79 Å². The zero-order valence-electron chi connectivity index (χ0n) is 6.58. The summed E-state index contributed by atoms with van der Waals surface area (Å²) in [5.41, 5.74) is 1.30. The number of carbonyl (C=O) groups is 1. The number of hydrogen-bond acceptors (Lipinski definition) is 2. The number of aldehydes is 1. The molecular formula is C9H11NO. The van der Waals surface area contributed by atoms with Crippen LogP contribution in [0.25, 0.3) is 0 Å². The van der Waals surface area contributed by atoms with Crippen molar-refractivity contribution in [3.8, 4) is 0 Å². The van der Waals surface area contributed by atoms with Crippen molar-refractivity contribution in [2.45, 2.75) is 6.92 Å². The van der Waals surface area contributed by atoms with E-state index in [4.69, 9.17) is 0 Å². The highest BCUT2D eigenvalue weighted by molar-refractivity contribution is 5.74. The third-order valence-corrected chi connectivity index (χ3v) is 1.14. The van der Waals surface area contributed by atoms with Crippen molar-refractivity contribution in [2.24, 2.45) is 4.99 Å². The molecule has 0 spiro atoms. The Morgan fingerprint density at radius 1 is 1.45 bits per heavy atom. The Morgan fingerprint density at radius 2 is 2.09 bits per heavy atom. The summed E-state index contributed by atoms with van der Waals surface area (Å²) in [5, 5.41) is 0. The van der Waals surface area contributed by atoms with Gasteiger partial charge in [-0.05, 0) is 19.7 Å². The lowest BCUT2D eigenvalue weighted by Gasteiger charge is -1.86. The van der Waals surface area contributed by atoms with Gasteiger partial charge in [-0.3, -0.25) is 9.79 Å². The molecule has 11 heavy (non-hydrogen) atoms. The van der Waals surface area contributed by atoms with E-state index in [1.807, 2.05) is 6.92 Å². The lowest BCUT2D eigenvalue weighted by atomic mass is 10.2. The maximum absolute atomic E-state index is 10.2. The number of allylic oxidation sites excluding steroid dienone is 5. The Balaban J connectivity index is 4.40. The standard InChI is InChI=1S/C9H11NO/c1-4-8(2)5-6-9(7-11)10-3/h4-7H,1,3H2,2H3/b8-5-,9-6-. The van der Waals surface area contributed by atoms with Crippen LogP contribution in [0, 0.1) is 0 Å². The van der Waals surface area contributed by atoms with Crippen LogP contribution in [0.5, 0.6) is 0 Å². The SMILES string of the molecule is C=C/C(C)=C\C=C(\C=O)N=C. The highest BCUT2D eigenvalue weighted by Gasteiger charge is 1.84. The second-order valence-corrected chi connectivity index (χ2v) is 1.98. The van der Waals surface area contributed by atoms with Gasteiger partial charge in [-0.25, -0.2) is 0 Å². The van der Waals surface area contributed by atoms with Gasteiger partial charge in [0.1, 0.15) is 5.70 Å². The molecular weight excluding hydrogens is 138 g/mol. The summed E-state index contributed by atoms with van der Waals surface area (Å²) in [6, 6.07) is 0. The normalized spacial score (nSPS) is 12.5. The van der Waals surface area contributed by atoms with Gasteiger partial charge in [-0.1, -0.05) is 24.3 Å². The molecule has 0 aliphatic rings. The number of aliphatic imine (C=N–C) groups is 1. The van der Waals surface area contributed by atoms with Gasteiger partial charge in [-0.2, -0.15) is 0 Å². The molecule has 0 aromatic carbocycles. The maximum atomic E-state index is 10.2. The van der Waals surface area contributed by atoms with Crippen LogP contribution in [-0.4, -0.2) is 13.0 Å². The Hall–Kier alpha value is -1.44. The fourth-order valence-electron chi connectivity index (χ4n) is 0.414. The van der Waals surface area contributed by atoms with Gasteiger partial charge in [0.05, 0.1) is 0 Å². The lowest BCUT2D eigenvalue weighted by Crippen LogP contribution is -1.76. The molecule has 0 heterocycles. The summed E-state index contributed by atoms with van der Waals surface area (Å²) in [6.07, 6.45) is 5.70. The third kappa shape index (κ3) is 4.03. The average Bonchev–Trinajstić information content (AvgIpc) is 2.06. The second kappa shape index (κ2) is 5.35. The van der Waals surface area contributed by atoms with E-state index in [2.05, 4.69) is 18.3 Å². The van der Waals surface area contributed by atoms with Crippen molar-refractivity contribution in [1.29, 1.82) is 0 Å². The third-order valence-electron chi connectivity index (χ3n) is 1.14. The van der Waals surface area contributed by atoms with Crippen LogP contribution in [-0.2, 0) is 4.79 Å². The number of hydrogen-bond donors (Lipinski definition) is 0. The predicted molar refractivity (Wildman–Crippen MR) is 47.7 cm³/mol. The van der Waals surface area contributed by atoms with Crippen molar-refractivity contribution in [2.75, 3.05) is 0 Å². The topological polar surface area (TPSA) is 29.4 Å². The van der Waals surface area contributed by atoms with Crippen LogP contribution in [0.15, 0.2) is 41.1 Å². The molecule has 58 valence electrons. The molecule has 0 atom stereocenters. The number of nitrogens with zero attached hydrogens (tertiary/aromatic N) is 1. The minimum atomic E-state index is 0.325. The van der Waals surface area contributed by atoms with Crippen molar-refractivity contribution in [3.05, 3.63) is 36.1 Å². The largest absolute Gasteiger partial charge is 0.296 e. The molecule has 0 radical (unpaired) electrons. The van der Waals surface area contributed by atoms with Gasteiger partial charge in [0.15, 0.2) is 6.29 Å². The molecule has 0 N–H and O–H groups in total. The molecule has 0 saturated carbocycles. The Kier molecular flexibility index (Phi) is 4.65. The van der Waals surface area contributed by atoms with Crippen molar-refractivity contribution in [1.82, 2.24) is 0 Å². The van der Waals surface area contributed by atoms with E-state index in [1.54, 1.807) is 18.2 Å². The summed E-state index contributed by atoms with van der Waals surface area (Å²) in [4.78, 5) is 13.7. The molecule has 0 rings (SSSR count). The zero-order valence-corrected chi connectivity index (χ0v) is 6.58. The smallest absolute Gasteiger partial charge is 0.168 e. The number of rotatable bonds is 4. The first-order valence-electron chi connectivity index (χ1n) is 3.17. The second-order valence-electron chi connectivity index (χ2n) is 1.98. The summed E-state index contributed by atoms with van der Waals surface area (Å²) < 4.78 is 0. The van der Waals surface area contributed by atoms with E-state index in [1.165, 1.54) is 0 Å². The molecule has 0 unspecified atom stereocenters. The van der Waals surface area contributed by atoms with E-state index in [0.717, 1.165) is 5.57 Å². The van der Waals surface area contributed by atoms with E-state index in [0.29, 0.717) is 12.0 Å². The summed E-state index contributed by atoms with van der Waals surface area (Å²) >= 11 is 0. The molecule has 0 bridgehead atoms. The predicted octanol–water partition coefficient (Wildman–Crippen LogP) is 1.90. The van der Waals surface area contributed by atoms with Gasteiger partial charge in [0.2, 0.25) is 0 Å². The van der Waals surface area contributed by atoms with E-state index in [-0.39, 0.29) is 0 Å². The van der Waals surface area contributed by atoms with Gasteiger partial charge in [0.25, 0.3) is 0 Å². The zero-order chi connectivity index (χ0) is 8.69. The van der Waals surface area contributed by atoms with E-state index >= 15 is 0 Å². The van der Waals surface area contributed by atoms with Crippen LogP contribution in [0.1, 0.15) is 6.92 Å². The maximum Gasteiger partial charge on any atom is 0.168 e. The number of carbonyl (C=O) groups excluding carboxylic acids is 1. The highest BCUT2D eigenvalue weighted by atomic mass is 16.1. The molecule has 2 nitrogen and oxygen atoms in total. The van der Waals surface area contributed by atoms with Crippen LogP contribution in [0.3, 0.4) is 0 Å². The first-order valence-corrected chi connectivity index (χ1v) is 3.17. The molecule has 0 amide bonds. The fraction of sp³-hybridized carbons (Fsp3) is 0.111. The van der Waals surface area contributed by atoms with Gasteiger partial charge < -0.3 is 0 Å². The van der Waals surface area contributed by atoms with Crippen LogP contribution < -0.4 is 0 Å². The Morgan fingerprint density at radius 3 is 2.45 bits per heavy atom. The van der Waals surface area contributed by atoms with Crippen molar-refractivity contribution in [3.63, 3.8) is 0 Å². The fourth-order valence-corrected chi connectivity index (χ4v) is 0.414. The first kappa shape index (κ1) is 9.56. The van der Waals surface area contributed by atoms with Gasteiger partial charge >= 0.3 is 0 Å². The Bertz CT molecular complexity index is 214. The quantitative estimate of drug-likeness (QED) is 0.260. The monoisotopic (exact) mass is 149 g/mol. The van der Waals surface area contributed by atoms with Gasteiger partial charge in [0, 0.05) is 0 Å². The Labute approximate surface area is 66.6 Å². The molecule has 0 aromatic rings. The molecule has 0 fully saturated rings. The average molecular weight is 149 g/mol. The van der Waals surface area contributed by atoms with Crippen molar-refractivity contribution < 1.29 is 4.79 Å². The molecule has 0 aliphatic heterocycles. The van der Waals surface area contributed by atoms with Crippen LogP contribution in [0.4, 0.5) is 0 Å². The molecule has 0 aliphatic carbocycles. The molecule has 0 aromatic heterocycles. The summed E-state index contributed by atoms with van der Waals surface area (Å²) in [6.45, 7) is 8.67. The molecule has 0 saturated heterocycles. The van der Waals surface area contributed by atoms with Crippen molar-refractivity contribution >= 4 is 13.0 Å². The van der Waals surface area contributed by atoms with Gasteiger partial charge in [-0.15, -0.1) is 0 Å². The molecule has 2 heteroatoms.